The number of allylic oxidation sites excluding steroid dienone is 4. The SMILES string of the molecule is CCCCC/C=C/CCCCCCCCCCCCOC(=O)c1ccc(S(=O)(=O)[O-])cc1C(=O)OCCCCCCCCCCCC/C=C/CCCCC.[Na+]. The van der Waals surface area contributed by atoms with Gasteiger partial charge in [0, 0.05) is 0 Å². The molecule has 0 bridgehead atoms. The Balaban J connectivity index is 0.0000292. The molecule has 0 aromatic heterocycles. The zero-order chi connectivity index (χ0) is 39.4. The van der Waals surface area contributed by atoms with Gasteiger partial charge in [0.15, 0.2) is 0 Å². The Labute approximate surface area is 359 Å². The van der Waals surface area contributed by atoms with Crippen LogP contribution in [0.3, 0.4) is 0 Å². The number of unbranched alkanes of at least 4 members (excludes halogenated alkanes) is 26. The minimum Gasteiger partial charge on any atom is -0.744 e. The van der Waals surface area contributed by atoms with Gasteiger partial charge in [-0.3, -0.25) is 0 Å². The second-order valence-electron chi connectivity index (χ2n) is 15.0. The van der Waals surface area contributed by atoms with Gasteiger partial charge in [-0.1, -0.05) is 167 Å². The summed E-state index contributed by atoms with van der Waals surface area (Å²) in [5, 5.41) is 0. The summed E-state index contributed by atoms with van der Waals surface area (Å²) in [4.78, 5) is 25.2. The minimum absolute atomic E-state index is 0. The van der Waals surface area contributed by atoms with E-state index in [4.69, 9.17) is 9.47 Å². The van der Waals surface area contributed by atoms with Gasteiger partial charge in [0.2, 0.25) is 0 Å². The van der Waals surface area contributed by atoms with Crippen LogP contribution in [0.1, 0.15) is 227 Å². The minimum atomic E-state index is -4.82. The topological polar surface area (TPSA) is 110 Å². The van der Waals surface area contributed by atoms with E-state index in [9.17, 15) is 22.6 Å². The number of carbonyl (C=O) groups excluding carboxylic acids is 2. The molecule has 0 spiro atoms. The first-order chi connectivity index (χ1) is 26.3. The van der Waals surface area contributed by atoms with Crippen LogP contribution < -0.4 is 29.6 Å². The fourth-order valence-electron chi connectivity index (χ4n) is 6.56. The van der Waals surface area contributed by atoms with Crippen molar-refractivity contribution in [3.63, 3.8) is 0 Å². The summed E-state index contributed by atoms with van der Waals surface area (Å²) in [7, 11) is -4.82. The van der Waals surface area contributed by atoms with Gasteiger partial charge in [-0.05, 0) is 82.4 Å². The van der Waals surface area contributed by atoms with Crippen LogP contribution in [0.15, 0.2) is 47.4 Å². The predicted octanol–water partition coefficient (Wildman–Crippen LogP) is 10.8. The first-order valence-corrected chi connectivity index (χ1v) is 23.5. The summed E-state index contributed by atoms with van der Waals surface area (Å²) < 4.78 is 45.8. The maximum absolute atomic E-state index is 12.9. The molecule has 310 valence electrons. The zero-order valence-electron chi connectivity index (χ0n) is 35.4. The van der Waals surface area contributed by atoms with E-state index >= 15 is 0 Å². The van der Waals surface area contributed by atoms with Crippen molar-refractivity contribution >= 4 is 22.1 Å². The molecule has 9 heteroatoms. The first-order valence-electron chi connectivity index (χ1n) is 22.0. The van der Waals surface area contributed by atoms with Crippen LogP contribution in [-0.2, 0) is 19.6 Å². The van der Waals surface area contributed by atoms with Crippen molar-refractivity contribution in [2.45, 2.75) is 211 Å². The molecule has 1 rings (SSSR count). The Bertz CT molecular complexity index is 1240. The van der Waals surface area contributed by atoms with Crippen LogP contribution in [0.5, 0.6) is 0 Å². The summed E-state index contributed by atoms with van der Waals surface area (Å²) in [5.74, 6) is -1.55. The summed E-state index contributed by atoms with van der Waals surface area (Å²) >= 11 is 0. The average molecular weight is 797 g/mol. The van der Waals surface area contributed by atoms with E-state index in [0.717, 1.165) is 50.7 Å². The van der Waals surface area contributed by atoms with Crippen molar-refractivity contribution in [2.24, 2.45) is 0 Å². The van der Waals surface area contributed by atoms with Gasteiger partial charge in [-0.15, -0.1) is 0 Å². The summed E-state index contributed by atoms with van der Waals surface area (Å²) in [6.07, 6.45) is 45.0. The third-order valence-electron chi connectivity index (χ3n) is 10.00. The van der Waals surface area contributed by atoms with Crippen LogP contribution in [0, 0.1) is 0 Å². The molecular formula is C46H77NaO7S. The van der Waals surface area contributed by atoms with Crippen molar-refractivity contribution in [1.82, 2.24) is 0 Å². The monoisotopic (exact) mass is 797 g/mol. The fourth-order valence-corrected chi connectivity index (χ4v) is 7.06. The Hall–Kier alpha value is -1.45. The van der Waals surface area contributed by atoms with Gasteiger partial charge in [0.1, 0.15) is 10.1 Å². The van der Waals surface area contributed by atoms with E-state index in [0.29, 0.717) is 12.8 Å². The average Bonchev–Trinajstić information content (AvgIpc) is 3.16. The van der Waals surface area contributed by atoms with E-state index in [1.54, 1.807) is 0 Å². The van der Waals surface area contributed by atoms with Gasteiger partial charge < -0.3 is 14.0 Å². The molecule has 0 heterocycles. The summed E-state index contributed by atoms with van der Waals surface area (Å²) in [5.41, 5.74) is -0.340. The zero-order valence-corrected chi connectivity index (χ0v) is 38.3. The van der Waals surface area contributed by atoms with Crippen LogP contribution in [0.25, 0.3) is 0 Å². The van der Waals surface area contributed by atoms with Gasteiger partial charge in [0.05, 0.1) is 29.2 Å². The molecule has 1 aromatic carbocycles. The summed E-state index contributed by atoms with van der Waals surface area (Å²) in [6, 6.07) is 3.14. The number of rotatable bonds is 37. The number of carbonyl (C=O) groups is 2. The molecular weight excluding hydrogens is 720 g/mol. The van der Waals surface area contributed by atoms with Crippen molar-refractivity contribution < 1.29 is 61.6 Å². The van der Waals surface area contributed by atoms with Crippen LogP contribution in [0.4, 0.5) is 0 Å². The summed E-state index contributed by atoms with van der Waals surface area (Å²) in [6.45, 7) is 4.84. The maximum Gasteiger partial charge on any atom is 1.00 e. The second-order valence-corrected chi connectivity index (χ2v) is 16.4. The van der Waals surface area contributed by atoms with E-state index in [1.807, 2.05) is 0 Å². The van der Waals surface area contributed by atoms with Crippen LogP contribution in [0.2, 0.25) is 0 Å². The second kappa shape index (κ2) is 38.1. The quantitative estimate of drug-likeness (QED) is 0.0217. The number of hydrogen-bond donors (Lipinski definition) is 0. The standard InChI is InChI=1S/C46H78O7S.Na/c1-3-5-7-9-11-13-15-17-19-21-23-25-27-29-31-33-35-39-52-45(47)43-38-37-42(54(49,50)51)41-44(43)46(48)53-40-36-34-32-30-28-26-24-22-20-18-16-14-12-10-8-6-4-2;/h11-14,37-38,41H,3-10,15-36,39-40H2,1-2H3,(H,49,50,51);/q;+1/p-1/b13-11+,14-12+;. The number of ether oxygens (including phenoxy) is 2. The molecule has 0 radical (unpaired) electrons. The van der Waals surface area contributed by atoms with Gasteiger partial charge in [0.25, 0.3) is 0 Å². The Morgan fingerprint density at radius 3 is 1.15 bits per heavy atom. The Morgan fingerprint density at radius 1 is 0.491 bits per heavy atom. The molecule has 0 aliphatic heterocycles. The molecule has 0 aliphatic carbocycles. The van der Waals surface area contributed by atoms with Crippen molar-refractivity contribution in [1.29, 1.82) is 0 Å². The first kappa shape index (κ1) is 53.6. The van der Waals surface area contributed by atoms with E-state index in [1.165, 1.54) is 147 Å². The van der Waals surface area contributed by atoms with Crippen molar-refractivity contribution in [3.8, 4) is 0 Å². The molecule has 7 nitrogen and oxygen atoms in total. The number of benzene rings is 1. The molecule has 0 atom stereocenters. The molecule has 0 unspecified atom stereocenters. The molecule has 55 heavy (non-hydrogen) atoms. The van der Waals surface area contributed by atoms with Crippen LogP contribution >= 0.6 is 0 Å². The number of hydrogen-bond acceptors (Lipinski definition) is 7. The van der Waals surface area contributed by atoms with E-state index in [2.05, 4.69) is 38.2 Å². The van der Waals surface area contributed by atoms with Crippen molar-refractivity contribution in [3.05, 3.63) is 53.6 Å². The van der Waals surface area contributed by atoms with Gasteiger partial charge >= 0.3 is 41.5 Å². The molecule has 0 saturated carbocycles. The Morgan fingerprint density at radius 2 is 0.800 bits per heavy atom. The smallest absolute Gasteiger partial charge is 0.744 e. The van der Waals surface area contributed by atoms with Crippen molar-refractivity contribution in [2.75, 3.05) is 13.2 Å². The molecule has 0 amide bonds. The molecule has 0 saturated heterocycles. The van der Waals surface area contributed by atoms with Crippen LogP contribution in [-0.4, -0.2) is 38.1 Å². The van der Waals surface area contributed by atoms with Gasteiger partial charge in [-0.2, -0.15) is 0 Å². The number of esters is 2. The fraction of sp³-hybridized carbons (Fsp3) is 0.739. The van der Waals surface area contributed by atoms with E-state index in [-0.39, 0.29) is 53.9 Å². The Kier molecular flexibility index (Phi) is 37.1. The molecule has 0 N–H and O–H groups in total. The third-order valence-corrected chi connectivity index (χ3v) is 10.8. The van der Waals surface area contributed by atoms with Gasteiger partial charge in [-0.25, -0.2) is 18.0 Å². The predicted molar refractivity (Wildman–Crippen MR) is 223 cm³/mol. The molecule has 1 aromatic rings. The molecule has 0 fully saturated rings. The maximum atomic E-state index is 12.9. The third kappa shape index (κ3) is 31.3. The molecule has 0 aliphatic rings. The normalized spacial score (nSPS) is 11.7. The van der Waals surface area contributed by atoms with E-state index < -0.39 is 27.0 Å². The largest absolute Gasteiger partial charge is 1.00 e.